The predicted molar refractivity (Wildman–Crippen MR) is 134 cm³/mol. The van der Waals surface area contributed by atoms with E-state index in [2.05, 4.69) is 10.3 Å². The third kappa shape index (κ3) is 8.61. The van der Waals surface area contributed by atoms with E-state index < -0.39 is 32.9 Å². The maximum atomic E-state index is 13.2. The molecule has 0 atom stereocenters. The van der Waals surface area contributed by atoms with Gasteiger partial charge in [-0.3, -0.25) is 19.2 Å². The van der Waals surface area contributed by atoms with Crippen LogP contribution in [0.1, 0.15) is 23.0 Å². The molecule has 204 valence electrons. The van der Waals surface area contributed by atoms with Gasteiger partial charge in [-0.1, -0.05) is 11.6 Å². The number of halogens is 4. The number of ether oxygens (including phenoxy) is 1. The van der Waals surface area contributed by atoms with Crippen LogP contribution in [0, 0.1) is 0 Å². The summed E-state index contributed by atoms with van der Waals surface area (Å²) in [5.41, 5.74) is 4.59. The molecule has 3 amide bonds. The van der Waals surface area contributed by atoms with Gasteiger partial charge in [-0.15, -0.1) is 0 Å². The quantitative estimate of drug-likeness (QED) is 0.350. The highest BCUT2D eigenvalue weighted by atomic mass is 35.5. The fraction of sp³-hybridized carbons (Fsp3) is 0.174. The van der Waals surface area contributed by atoms with E-state index in [1.807, 2.05) is 0 Å². The number of alkyl halides is 3. The van der Waals surface area contributed by atoms with Gasteiger partial charge in [0.1, 0.15) is 17.2 Å². The standard InChI is InChI=1S/C21H16ClF3N4O3.C2H6O3S/c1-27-19(30)18-11-15(8-9-28-18)32-14-5-2-12(3-6-14)29(20(26)31)13-4-7-17(22)16(10-13)21(23,24)25;1-2-6(3,4)5/h2-11H,1H3,(H2,26,31)(H,27,30);2H2,1H3,(H,3,4,5). The van der Waals surface area contributed by atoms with Crippen molar-refractivity contribution in [3.8, 4) is 11.5 Å². The number of carbonyl (C=O) groups is 2. The lowest BCUT2D eigenvalue weighted by Gasteiger charge is -2.22. The van der Waals surface area contributed by atoms with Gasteiger partial charge < -0.3 is 15.8 Å². The van der Waals surface area contributed by atoms with E-state index in [0.29, 0.717) is 11.5 Å². The van der Waals surface area contributed by atoms with Crippen molar-refractivity contribution in [3.05, 3.63) is 77.1 Å². The van der Waals surface area contributed by atoms with Crippen molar-refractivity contribution in [3.63, 3.8) is 0 Å². The maximum absolute atomic E-state index is 13.2. The molecule has 0 radical (unpaired) electrons. The highest BCUT2D eigenvalue weighted by Gasteiger charge is 2.34. The first kappa shape index (κ1) is 30.3. The number of amides is 3. The van der Waals surface area contributed by atoms with Crippen LogP contribution >= 0.6 is 11.6 Å². The number of nitrogens with two attached hydrogens (primary N) is 1. The molecule has 10 nitrogen and oxygen atoms in total. The normalized spacial score (nSPS) is 11.1. The zero-order valence-electron chi connectivity index (χ0n) is 19.9. The number of nitrogens with one attached hydrogen (secondary N) is 1. The summed E-state index contributed by atoms with van der Waals surface area (Å²) < 4.78 is 72.2. The van der Waals surface area contributed by atoms with Crippen LogP contribution in [-0.4, -0.2) is 42.7 Å². The highest BCUT2D eigenvalue weighted by molar-refractivity contribution is 7.85. The molecule has 38 heavy (non-hydrogen) atoms. The predicted octanol–water partition coefficient (Wildman–Crippen LogP) is 5.02. The average Bonchev–Trinajstić information content (AvgIpc) is 2.85. The molecule has 0 bridgehead atoms. The Hall–Kier alpha value is -3.88. The van der Waals surface area contributed by atoms with E-state index in [1.54, 1.807) is 6.07 Å². The second-order valence-electron chi connectivity index (χ2n) is 7.26. The molecule has 0 aliphatic heterocycles. The Morgan fingerprint density at radius 3 is 2.16 bits per heavy atom. The fourth-order valence-electron chi connectivity index (χ4n) is 2.80. The minimum Gasteiger partial charge on any atom is -0.457 e. The number of primary amides is 1. The van der Waals surface area contributed by atoms with E-state index in [4.69, 9.17) is 26.6 Å². The Bertz CT molecular complexity index is 1400. The fourth-order valence-corrected chi connectivity index (χ4v) is 3.02. The minimum absolute atomic E-state index is 0.104. The summed E-state index contributed by atoms with van der Waals surface area (Å²) in [7, 11) is -2.19. The second-order valence-corrected chi connectivity index (χ2v) is 9.41. The smallest absolute Gasteiger partial charge is 0.417 e. The molecule has 0 spiro atoms. The van der Waals surface area contributed by atoms with Crippen LogP contribution in [0.3, 0.4) is 0 Å². The molecule has 0 fully saturated rings. The van der Waals surface area contributed by atoms with Gasteiger partial charge in [0, 0.05) is 19.3 Å². The monoisotopic (exact) mass is 574 g/mol. The summed E-state index contributed by atoms with van der Waals surface area (Å²) in [5.74, 6) is 0.0986. The van der Waals surface area contributed by atoms with Crippen molar-refractivity contribution in [1.82, 2.24) is 10.3 Å². The first-order chi connectivity index (χ1) is 17.7. The van der Waals surface area contributed by atoms with Gasteiger partial charge in [0.25, 0.3) is 16.0 Å². The van der Waals surface area contributed by atoms with E-state index in [1.165, 1.54) is 56.6 Å². The van der Waals surface area contributed by atoms with Crippen molar-refractivity contribution < 1.29 is 40.5 Å². The third-order valence-electron chi connectivity index (χ3n) is 4.62. The number of urea groups is 1. The van der Waals surface area contributed by atoms with Crippen LogP contribution in [0.5, 0.6) is 11.5 Å². The summed E-state index contributed by atoms with van der Waals surface area (Å²) in [6.07, 6.45) is -3.30. The number of anilines is 2. The molecule has 2 aromatic carbocycles. The Kier molecular flexibility index (Phi) is 10.0. The van der Waals surface area contributed by atoms with Crippen molar-refractivity contribution in [2.24, 2.45) is 5.73 Å². The van der Waals surface area contributed by atoms with Gasteiger partial charge in [-0.25, -0.2) is 4.79 Å². The lowest BCUT2D eigenvalue weighted by atomic mass is 10.1. The van der Waals surface area contributed by atoms with Gasteiger partial charge in [-0.2, -0.15) is 21.6 Å². The lowest BCUT2D eigenvalue weighted by Crippen LogP contribution is -2.31. The summed E-state index contributed by atoms with van der Waals surface area (Å²) in [6, 6.07) is 10.9. The summed E-state index contributed by atoms with van der Waals surface area (Å²) in [6.45, 7) is 1.37. The summed E-state index contributed by atoms with van der Waals surface area (Å²) in [4.78, 5) is 28.5. The molecule has 3 rings (SSSR count). The second kappa shape index (κ2) is 12.6. The number of pyridine rings is 1. The molecule has 4 N–H and O–H groups in total. The van der Waals surface area contributed by atoms with Gasteiger partial charge in [-0.05, 0) is 55.5 Å². The third-order valence-corrected chi connectivity index (χ3v) is 5.68. The van der Waals surface area contributed by atoms with Crippen molar-refractivity contribution >= 4 is 45.0 Å². The summed E-state index contributed by atoms with van der Waals surface area (Å²) in [5, 5.41) is 1.95. The van der Waals surface area contributed by atoms with E-state index in [-0.39, 0.29) is 28.7 Å². The highest BCUT2D eigenvalue weighted by Crippen LogP contribution is 2.38. The van der Waals surface area contributed by atoms with Crippen LogP contribution in [0.15, 0.2) is 60.8 Å². The van der Waals surface area contributed by atoms with Crippen LogP contribution in [-0.2, 0) is 16.3 Å². The molecular formula is C23H22ClF3N4O6S. The first-order valence-electron chi connectivity index (χ1n) is 10.5. The lowest BCUT2D eigenvalue weighted by molar-refractivity contribution is -0.137. The molecular weight excluding hydrogens is 553 g/mol. The average molecular weight is 575 g/mol. The molecule has 3 aromatic rings. The molecule has 15 heteroatoms. The van der Waals surface area contributed by atoms with Crippen LogP contribution in [0.25, 0.3) is 0 Å². The zero-order chi connectivity index (χ0) is 28.7. The number of carbonyl (C=O) groups excluding carboxylic acids is 2. The van der Waals surface area contributed by atoms with Crippen molar-refractivity contribution in [2.45, 2.75) is 13.1 Å². The molecule has 0 saturated carbocycles. The van der Waals surface area contributed by atoms with Crippen molar-refractivity contribution in [1.29, 1.82) is 0 Å². The Balaban J connectivity index is 0.000000757. The molecule has 0 aliphatic carbocycles. The van der Waals surface area contributed by atoms with Gasteiger partial charge in [0.15, 0.2) is 0 Å². The maximum Gasteiger partial charge on any atom is 0.417 e. The Morgan fingerprint density at radius 2 is 1.66 bits per heavy atom. The van der Waals surface area contributed by atoms with Gasteiger partial charge in [0.2, 0.25) is 0 Å². The van der Waals surface area contributed by atoms with E-state index in [9.17, 15) is 31.2 Å². The largest absolute Gasteiger partial charge is 0.457 e. The number of rotatable bonds is 6. The number of hydrogen-bond acceptors (Lipinski definition) is 6. The SMILES string of the molecule is CCS(=O)(=O)O.CNC(=O)c1cc(Oc2ccc(N(C(N)=O)c3ccc(Cl)c(C(F)(F)F)c3)cc2)ccn1. The molecule has 1 aromatic heterocycles. The van der Waals surface area contributed by atoms with Crippen LogP contribution < -0.4 is 20.7 Å². The van der Waals surface area contributed by atoms with Crippen LogP contribution in [0.4, 0.5) is 29.3 Å². The van der Waals surface area contributed by atoms with E-state index in [0.717, 1.165) is 17.0 Å². The zero-order valence-corrected chi connectivity index (χ0v) is 21.4. The minimum atomic E-state index is -4.70. The molecule has 0 aliphatic rings. The van der Waals surface area contributed by atoms with Gasteiger partial charge in [0.05, 0.1) is 27.7 Å². The number of hydrogen-bond donors (Lipinski definition) is 3. The van der Waals surface area contributed by atoms with Crippen molar-refractivity contribution in [2.75, 3.05) is 17.7 Å². The number of aromatic nitrogens is 1. The molecule has 0 unspecified atom stereocenters. The van der Waals surface area contributed by atoms with E-state index >= 15 is 0 Å². The Labute approximate surface area is 220 Å². The molecule has 0 saturated heterocycles. The van der Waals surface area contributed by atoms with Crippen LogP contribution in [0.2, 0.25) is 5.02 Å². The topological polar surface area (TPSA) is 152 Å². The number of nitrogens with zero attached hydrogens (tertiary/aromatic N) is 2. The number of benzene rings is 2. The Morgan fingerprint density at radius 1 is 1.08 bits per heavy atom. The van der Waals surface area contributed by atoms with Gasteiger partial charge >= 0.3 is 12.2 Å². The molecule has 1 heterocycles. The summed E-state index contributed by atoms with van der Waals surface area (Å²) >= 11 is 5.65. The first-order valence-corrected chi connectivity index (χ1v) is 12.5.